The molecule has 0 aliphatic rings. The van der Waals surface area contributed by atoms with Crippen molar-refractivity contribution in [3.63, 3.8) is 0 Å². The third-order valence-corrected chi connectivity index (χ3v) is 0. The van der Waals surface area contributed by atoms with E-state index >= 15 is 0 Å². The third-order valence-electron chi connectivity index (χ3n) is 0. The van der Waals surface area contributed by atoms with Crippen LogP contribution in [0.4, 0.5) is 0 Å². The van der Waals surface area contributed by atoms with Gasteiger partial charge in [-0.2, -0.15) is 0 Å². The molecule has 0 rings (SSSR count). The van der Waals surface area contributed by atoms with E-state index in [1.807, 2.05) is 0 Å². The van der Waals surface area contributed by atoms with Gasteiger partial charge < -0.3 is 12.8 Å². The maximum atomic E-state index is 5.00. The van der Waals surface area contributed by atoms with Gasteiger partial charge in [0.05, 0.1) is 0 Å². The van der Waals surface area contributed by atoms with Crippen LogP contribution in [0.15, 0.2) is 0 Å². The zero-order chi connectivity index (χ0) is 2.00. The average Bonchev–Trinajstić information content (AvgIpc) is 1.00. The monoisotopic (exact) mass is 238 g/mol. The predicted octanol–water partition coefficient (Wildman–Crippen LogP) is 0.158. The van der Waals surface area contributed by atoms with Gasteiger partial charge in [-0.05, 0) is 0 Å². The Bertz CT molecular complexity index is 8.75. The second-order valence-electron chi connectivity index (χ2n) is 0. The molecule has 0 fully saturated rings. The molecular formula is C2Ag2. The van der Waals surface area contributed by atoms with E-state index in [2.05, 4.69) is 0 Å². The van der Waals surface area contributed by atoms with Gasteiger partial charge in [0.2, 0.25) is 0 Å². The van der Waals surface area contributed by atoms with Gasteiger partial charge in [-0.3, -0.25) is 0 Å². The van der Waals surface area contributed by atoms with Gasteiger partial charge in [-0.15, -0.1) is 0 Å². The molecule has 0 radical (unpaired) electrons. The first-order valence-corrected chi connectivity index (χ1v) is 0.250. The number of rotatable bonds is 0. The quantitative estimate of drug-likeness (QED) is 0.321. The van der Waals surface area contributed by atoms with Gasteiger partial charge >= 0.3 is 44.8 Å². The van der Waals surface area contributed by atoms with Gasteiger partial charge in [0.25, 0.3) is 0 Å². The van der Waals surface area contributed by atoms with E-state index < -0.39 is 0 Å². The molecule has 0 unspecified atom stereocenters. The zero-order valence-electron chi connectivity index (χ0n) is 1.60. The van der Waals surface area contributed by atoms with Crippen molar-refractivity contribution >= 4 is 0 Å². The standard InChI is InChI=1S/C2.2Ag/c1-2;;/q-2;2*+1. The Morgan fingerprint density at radius 3 is 0.750 bits per heavy atom. The summed E-state index contributed by atoms with van der Waals surface area (Å²) in [6.07, 6.45) is 10.0. The molecule has 0 aromatic heterocycles. The molecule has 30 valence electrons. The van der Waals surface area contributed by atoms with Crippen LogP contribution >= 0.6 is 0 Å². The van der Waals surface area contributed by atoms with E-state index in [0.29, 0.717) is 0 Å². The summed E-state index contributed by atoms with van der Waals surface area (Å²) in [6, 6.07) is 0. The fourth-order valence-corrected chi connectivity index (χ4v) is 0. The largest absolute Gasteiger partial charge is 1.00 e. The van der Waals surface area contributed by atoms with Crippen molar-refractivity contribution in [2.45, 2.75) is 0 Å². The molecule has 0 N–H and O–H groups in total. The Balaban J connectivity index is -0.00000000500. The summed E-state index contributed by atoms with van der Waals surface area (Å²) in [4.78, 5) is 0. The molecule has 0 aliphatic carbocycles. The summed E-state index contributed by atoms with van der Waals surface area (Å²) in [5.41, 5.74) is 0. The molecule has 0 spiro atoms. The van der Waals surface area contributed by atoms with E-state index in [1.54, 1.807) is 0 Å². The Morgan fingerprint density at radius 2 is 0.750 bits per heavy atom. The van der Waals surface area contributed by atoms with E-state index in [4.69, 9.17) is 12.8 Å². The fourth-order valence-electron chi connectivity index (χ4n) is 0. The zero-order valence-corrected chi connectivity index (χ0v) is 4.57. The van der Waals surface area contributed by atoms with E-state index in [-0.39, 0.29) is 44.8 Å². The second kappa shape index (κ2) is 34.5. The predicted molar refractivity (Wildman–Crippen MR) is 6.49 cm³/mol. The summed E-state index contributed by atoms with van der Waals surface area (Å²) in [7, 11) is 0. The van der Waals surface area contributed by atoms with E-state index in [1.165, 1.54) is 0 Å². The molecule has 0 amide bonds. The summed E-state index contributed by atoms with van der Waals surface area (Å²) in [6.45, 7) is 0. The van der Waals surface area contributed by atoms with Crippen molar-refractivity contribution in [3.05, 3.63) is 12.8 Å². The maximum absolute atomic E-state index is 5.00. The van der Waals surface area contributed by atoms with E-state index in [9.17, 15) is 0 Å². The summed E-state index contributed by atoms with van der Waals surface area (Å²) < 4.78 is 0. The van der Waals surface area contributed by atoms with Crippen LogP contribution in [0.2, 0.25) is 0 Å². The van der Waals surface area contributed by atoms with Gasteiger partial charge in [0, 0.05) is 0 Å². The molecule has 0 bridgehead atoms. The van der Waals surface area contributed by atoms with Crippen LogP contribution in [-0.4, -0.2) is 0 Å². The first-order valence-electron chi connectivity index (χ1n) is 0.250. The SMILES string of the molecule is [Ag+].[Ag+].[C-]#[C-]. The fraction of sp³-hybridized carbons (Fsp3) is 0. The third kappa shape index (κ3) is 11.7. The summed E-state index contributed by atoms with van der Waals surface area (Å²) >= 11 is 0. The number of hydrogen-bond donors (Lipinski definition) is 0. The van der Waals surface area contributed by atoms with Crippen LogP contribution in [-0.2, 0) is 44.8 Å². The topological polar surface area (TPSA) is 0 Å². The van der Waals surface area contributed by atoms with Crippen molar-refractivity contribution in [1.82, 2.24) is 0 Å². The minimum atomic E-state index is 0. The van der Waals surface area contributed by atoms with Crippen LogP contribution < -0.4 is 0 Å². The minimum Gasteiger partial charge on any atom is -1.00 e. The summed E-state index contributed by atoms with van der Waals surface area (Å²) in [5, 5.41) is 0. The van der Waals surface area contributed by atoms with Crippen LogP contribution in [0, 0.1) is 12.8 Å². The van der Waals surface area contributed by atoms with E-state index in [0.717, 1.165) is 0 Å². The smallest absolute Gasteiger partial charge is 1.00 e. The van der Waals surface area contributed by atoms with Gasteiger partial charge in [-0.1, -0.05) is 0 Å². The normalized spacial score (nSPS) is 0.500. The van der Waals surface area contributed by atoms with Crippen molar-refractivity contribution in [3.8, 4) is 0 Å². The molecule has 4 heavy (non-hydrogen) atoms. The van der Waals surface area contributed by atoms with Crippen molar-refractivity contribution < 1.29 is 44.8 Å². The maximum Gasteiger partial charge on any atom is 1.00 e. The molecule has 0 aliphatic heterocycles. The molecule has 0 saturated heterocycles. The first-order chi connectivity index (χ1) is 1.00. The second-order valence-corrected chi connectivity index (χ2v) is 0. The molecule has 2 heteroatoms. The number of hydrogen-bond acceptors (Lipinski definition) is 0. The first kappa shape index (κ1) is 19.8. The molecular weight excluding hydrogens is 240 g/mol. The summed E-state index contributed by atoms with van der Waals surface area (Å²) in [5.74, 6) is 0. The Labute approximate surface area is 57.4 Å². The molecule has 0 atom stereocenters. The van der Waals surface area contributed by atoms with Crippen LogP contribution in [0.25, 0.3) is 0 Å². The van der Waals surface area contributed by atoms with Gasteiger partial charge in [0.15, 0.2) is 0 Å². The Kier molecular flexibility index (Phi) is 170. The molecule has 0 nitrogen and oxygen atoms in total. The van der Waals surface area contributed by atoms with Gasteiger partial charge in [-0.25, -0.2) is 0 Å². The molecule has 0 aromatic carbocycles. The average molecular weight is 240 g/mol. The van der Waals surface area contributed by atoms with Crippen LogP contribution in [0.3, 0.4) is 0 Å². The van der Waals surface area contributed by atoms with Crippen molar-refractivity contribution in [2.24, 2.45) is 0 Å². The van der Waals surface area contributed by atoms with Crippen LogP contribution in [0.1, 0.15) is 0 Å². The minimum absolute atomic E-state index is 0. The Morgan fingerprint density at radius 1 is 0.750 bits per heavy atom. The molecule has 0 saturated carbocycles. The van der Waals surface area contributed by atoms with Crippen molar-refractivity contribution in [2.75, 3.05) is 0 Å². The molecule has 0 heterocycles. The Hall–Kier alpha value is 1.04. The van der Waals surface area contributed by atoms with Gasteiger partial charge in [0.1, 0.15) is 0 Å². The van der Waals surface area contributed by atoms with Crippen molar-refractivity contribution in [1.29, 1.82) is 0 Å². The molecule has 0 aromatic rings. The van der Waals surface area contributed by atoms with Crippen LogP contribution in [0.5, 0.6) is 0 Å².